The number of nitrogens with one attached hydrogen (secondary N) is 1. The van der Waals surface area contributed by atoms with Crippen molar-refractivity contribution in [3.05, 3.63) is 29.8 Å². The van der Waals surface area contributed by atoms with Crippen molar-refractivity contribution in [2.75, 3.05) is 6.54 Å². The van der Waals surface area contributed by atoms with Crippen LogP contribution in [0, 0.1) is 5.92 Å². The van der Waals surface area contributed by atoms with Gasteiger partial charge in [-0.15, -0.1) is 0 Å². The molecule has 0 radical (unpaired) electrons. The van der Waals surface area contributed by atoms with Gasteiger partial charge in [0.25, 0.3) is 0 Å². The largest absolute Gasteiger partial charge is 0.508 e. The van der Waals surface area contributed by atoms with Gasteiger partial charge in [0, 0.05) is 16.9 Å². The zero-order valence-corrected chi connectivity index (χ0v) is 12.5. The zero-order chi connectivity index (χ0) is 13.7. The van der Waals surface area contributed by atoms with Crippen molar-refractivity contribution in [3.63, 3.8) is 0 Å². The van der Waals surface area contributed by atoms with E-state index in [1.54, 1.807) is 18.2 Å². The van der Waals surface area contributed by atoms with Gasteiger partial charge < -0.3 is 10.4 Å². The summed E-state index contributed by atoms with van der Waals surface area (Å²) < 4.78 is 0. The summed E-state index contributed by atoms with van der Waals surface area (Å²) in [6.07, 6.45) is 5.05. The van der Waals surface area contributed by atoms with Gasteiger partial charge in [0.2, 0.25) is 5.91 Å². The number of hydrogen-bond donors (Lipinski definition) is 2. The Morgan fingerprint density at radius 1 is 1.37 bits per heavy atom. The predicted molar refractivity (Wildman–Crippen MR) is 79.5 cm³/mol. The second-order valence-electron chi connectivity index (χ2n) is 5.24. The van der Waals surface area contributed by atoms with Crippen molar-refractivity contribution < 1.29 is 9.90 Å². The lowest BCUT2D eigenvalue weighted by Gasteiger charge is -2.25. The zero-order valence-electron chi connectivity index (χ0n) is 10.9. The van der Waals surface area contributed by atoms with Crippen molar-refractivity contribution >= 4 is 21.8 Å². The van der Waals surface area contributed by atoms with E-state index in [-0.39, 0.29) is 18.1 Å². The first-order valence-electron chi connectivity index (χ1n) is 6.83. The number of para-hydroxylation sites is 1. The molecule has 2 N–H and O–H groups in total. The second-order valence-corrected chi connectivity index (χ2v) is 6.53. The molecule has 1 aromatic rings. The topological polar surface area (TPSA) is 49.3 Å². The quantitative estimate of drug-likeness (QED) is 0.836. The third-order valence-corrected chi connectivity index (χ3v) is 4.48. The van der Waals surface area contributed by atoms with Crippen LogP contribution in [0.1, 0.15) is 31.2 Å². The monoisotopic (exact) mass is 325 g/mol. The number of alkyl halides is 1. The highest BCUT2D eigenvalue weighted by atomic mass is 79.9. The van der Waals surface area contributed by atoms with Crippen LogP contribution in [0.15, 0.2) is 24.3 Å². The van der Waals surface area contributed by atoms with Crippen molar-refractivity contribution in [2.24, 2.45) is 5.92 Å². The van der Waals surface area contributed by atoms with E-state index in [0.29, 0.717) is 16.3 Å². The molecule has 0 saturated heterocycles. The first-order valence-corrected chi connectivity index (χ1v) is 7.74. The number of carbonyl (C=O) groups is 1. The SMILES string of the molecule is O=C(Cc1ccccc1O)NCC1CCCC(Br)C1. The molecular weight excluding hydrogens is 306 g/mol. The van der Waals surface area contributed by atoms with E-state index in [1.165, 1.54) is 19.3 Å². The summed E-state index contributed by atoms with van der Waals surface area (Å²) in [7, 11) is 0. The summed E-state index contributed by atoms with van der Waals surface area (Å²) in [6, 6.07) is 6.98. The second kappa shape index (κ2) is 6.94. The molecule has 1 aliphatic carbocycles. The fraction of sp³-hybridized carbons (Fsp3) is 0.533. The number of hydrogen-bond acceptors (Lipinski definition) is 2. The van der Waals surface area contributed by atoms with Gasteiger partial charge in [-0.2, -0.15) is 0 Å². The Kier molecular flexibility index (Phi) is 5.25. The Bertz CT molecular complexity index is 436. The van der Waals surface area contributed by atoms with E-state index in [4.69, 9.17) is 0 Å². The minimum absolute atomic E-state index is 0.0156. The maximum absolute atomic E-state index is 11.9. The Balaban J connectivity index is 1.77. The highest BCUT2D eigenvalue weighted by Gasteiger charge is 2.20. The summed E-state index contributed by atoms with van der Waals surface area (Å²) in [5.74, 6) is 0.750. The van der Waals surface area contributed by atoms with Crippen LogP contribution in [0.4, 0.5) is 0 Å². The molecule has 19 heavy (non-hydrogen) atoms. The Morgan fingerprint density at radius 3 is 2.89 bits per heavy atom. The predicted octanol–water partition coefficient (Wildman–Crippen LogP) is 3.00. The number of phenolic OH excluding ortho intramolecular Hbond substituents is 1. The summed E-state index contributed by atoms with van der Waals surface area (Å²) >= 11 is 3.65. The molecule has 2 rings (SSSR count). The fourth-order valence-corrected chi connectivity index (χ4v) is 3.42. The number of carbonyl (C=O) groups excluding carboxylic acids is 1. The van der Waals surface area contributed by atoms with Crippen LogP contribution in [-0.2, 0) is 11.2 Å². The van der Waals surface area contributed by atoms with E-state index in [1.807, 2.05) is 6.07 Å². The van der Waals surface area contributed by atoms with Crippen LogP contribution < -0.4 is 5.32 Å². The molecule has 1 aromatic carbocycles. The third-order valence-electron chi connectivity index (χ3n) is 3.65. The molecule has 104 valence electrons. The maximum Gasteiger partial charge on any atom is 0.224 e. The first kappa shape index (κ1) is 14.4. The minimum atomic E-state index is -0.0156. The standard InChI is InChI=1S/C15H20BrNO2/c16-13-6-3-4-11(8-13)10-17-15(19)9-12-5-1-2-7-14(12)18/h1-2,5,7,11,13,18H,3-4,6,8-10H2,(H,17,19). The molecule has 1 saturated carbocycles. The number of aromatic hydroxyl groups is 1. The van der Waals surface area contributed by atoms with E-state index < -0.39 is 0 Å². The molecule has 0 spiro atoms. The van der Waals surface area contributed by atoms with Gasteiger partial charge >= 0.3 is 0 Å². The fourth-order valence-electron chi connectivity index (χ4n) is 2.56. The number of phenols is 1. The molecular formula is C15H20BrNO2. The van der Waals surface area contributed by atoms with Crippen LogP contribution in [-0.4, -0.2) is 22.4 Å². The lowest BCUT2D eigenvalue weighted by atomic mass is 9.89. The lowest BCUT2D eigenvalue weighted by molar-refractivity contribution is -0.120. The summed E-state index contributed by atoms with van der Waals surface area (Å²) in [6.45, 7) is 0.745. The van der Waals surface area contributed by atoms with Crippen molar-refractivity contribution in [1.82, 2.24) is 5.32 Å². The number of rotatable bonds is 4. The van der Waals surface area contributed by atoms with E-state index in [0.717, 1.165) is 13.0 Å². The molecule has 3 nitrogen and oxygen atoms in total. The van der Waals surface area contributed by atoms with Gasteiger partial charge in [0.15, 0.2) is 0 Å². The summed E-state index contributed by atoms with van der Waals surface area (Å²) in [5, 5.41) is 12.6. The molecule has 0 bridgehead atoms. The highest BCUT2D eigenvalue weighted by Crippen LogP contribution is 2.28. The highest BCUT2D eigenvalue weighted by molar-refractivity contribution is 9.09. The van der Waals surface area contributed by atoms with E-state index in [2.05, 4.69) is 21.2 Å². The molecule has 0 aliphatic heterocycles. The van der Waals surface area contributed by atoms with Crippen LogP contribution in [0.3, 0.4) is 0 Å². The Morgan fingerprint density at radius 2 is 2.16 bits per heavy atom. The molecule has 0 aromatic heterocycles. The average Bonchev–Trinajstić information content (AvgIpc) is 2.39. The van der Waals surface area contributed by atoms with Crippen LogP contribution in [0.2, 0.25) is 0 Å². The smallest absolute Gasteiger partial charge is 0.224 e. The van der Waals surface area contributed by atoms with Crippen molar-refractivity contribution in [1.29, 1.82) is 0 Å². The van der Waals surface area contributed by atoms with Gasteiger partial charge in [-0.25, -0.2) is 0 Å². The van der Waals surface area contributed by atoms with E-state index in [9.17, 15) is 9.90 Å². The molecule has 0 heterocycles. The van der Waals surface area contributed by atoms with E-state index >= 15 is 0 Å². The molecule has 2 atom stereocenters. The number of amides is 1. The number of halogens is 1. The lowest BCUT2D eigenvalue weighted by Crippen LogP contribution is -2.32. The Hall–Kier alpha value is -1.03. The summed E-state index contributed by atoms with van der Waals surface area (Å²) in [4.78, 5) is 12.5. The normalized spacial score (nSPS) is 23.0. The average molecular weight is 326 g/mol. The molecule has 2 unspecified atom stereocenters. The van der Waals surface area contributed by atoms with Crippen LogP contribution >= 0.6 is 15.9 Å². The van der Waals surface area contributed by atoms with Crippen molar-refractivity contribution in [3.8, 4) is 5.75 Å². The van der Waals surface area contributed by atoms with Crippen LogP contribution in [0.25, 0.3) is 0 Å². The van der Waals surface area contributed by atoms with Gasteiger partial charge in [0.1, 0.15) is 5.75 Å². The molecule has 1 amide bonds. The van der Waals surface area contributed by atoms with Gasteiger partial charge in [0.05, 0.1) is 6.42 Å². The molecule has 4 heteroatoms. The van der Waals surface area contributed by atoms with Crippen LogP contribution in [0.5, 0.6) is 5.75 Å². The van der Waals surface area contributed by atoms with Crippen molar-refractivity contribution in [2.45, 2.75) is 36.9 Å². The Labute approximate surface area is 122 Å². The van der Waals surface area contributed by atoms with Gasteiger partial charge in [-0.1, -0.05) is 40.5 Å². The number of benzene rings is 1. The molecule has 1 fully saturated rings. The first-order chi connectivity index (χ1) is 9.15. The minimum Gasteiger partial charge on any atom is -0.508 e. The third kappa shape index (κ3) is 4.53. The van der Waals surface area contributed by atoms with Gasteiger partial charge in [-0.05, 0) is 31.2 Å². The van der Waals surface area contributed by atoms with Gasteiger partial charge in [-0.3, -0.25) is 4.79 Å². The summed E-state index contributed by atoms with van der Waals surface area (Å²) in [5.41, 5.74) is 0.682. The maximum atomic E-state index is 11.9. The molecule has 1 aliphatic rings.